The van der Waals surface area contributed by atoms with E-state index in [0.717, 1.165) is 46.9 Å². The van der Waals surface area contributed by atoms with Gasteiger partial charge in [-0.3, -0.25) is 0 Å². The summed E-state index contributed by atoms with van der Waals surface area (Å²) < 4.78 is 14.0. The number of amides is 2. The van der Waals surface area contributed by atoms with Crippen molar-refractivity contribution in [2.75, 3.05) is 31.2 Å². The van der Waals surface area contributed by atoms with Gasteiger partial charge in [-0.2, -0.15) is 0 Å². The summed E-state index contributed by atoms with van der Waals surface area (Å²) in [4.78, 5) is 30.1. The van der Waals surface area contributed by atoms with E-state index >= 15 is 0 Å². The van der Waals surface area contributed by atoms with Crippen LogP contribution >= 0.6 is 0 Å². The number of likely N-dealkylation sites (tertiary alicyclic amines) is 1. The van der Waals surface area contributed by atoms with Gasteiger partial charge < -0.3 is 0 Å². The Hall–Kier alpha value is -1.88. The summed E-state index contributed by atoms with van der Waals surface area (Å²) in [5, 5.41) is 6.19. The SMILES string of the molecule is COCCC[I-]n1nc([C@@H](C)N(C(=O)[C@@H]2CCN(C(=O)OC(C)(C)C)C2)C2CC2)c2ccccc21. The molecular weight excluding hydrogens is 559 g/mol. The van der Waals surface area contributed by atoms with E-state index in [1.807, 2.05) is 26.8 Å². The molecule has 9 heteroatoms. The van der Waals surface area contributed by atoms with Crippen molar-refractivity contribution in [2.24, 2.45) is 5.92 Å². The second-order valence-electron chi connectivity index (χ2n) is 10.5. The van der Waals surface area contributed by atoms with Crippen LogP contribution in [0.15, 0.2) is 24.3 Å². The third-order valence-corrected chi connectivity index (χ3v) is 9.08. The number of hydrogen-bond donors (Lipinski definition) is 0. The second kappa shape index (κ2) is 11.0. The molecule has 0 spiro atoms. The van der Waals surface area contributed by atoms with Gasteiger partial charge >= 0.3 is 199 Å². The van der Waals surface area contributed by atoms with Crippen LogP contribution in [0.2, 0.25) is 0 Å². The number of halogens is 1. The maximum absolute atomic E-state index is 13.8. The first-order valence-electron chi connectivity index (χ1n) is 12.6. The van der Waals surface area contributed by atoms with Gasteiger partial charge in [-0.1, -0.05) is 0 Å². The van der Waals surface area contributed by atoms with Crippen LogP contribution in [0.4, 0.5) is 4.79 Å². The van der Waals surface area contributed by atoms with Crippen LogP contribution in [0.1, 0.15) is 65.1 Å². The summed E-state index contributed by atoms with van der Waals surface area (Å²) in [7, 11) is 1.74. The Labute approximate surface area is 218 Å². The Bertz CT molecular complexity index is 1050. The summed E-state index contributed by atoms with van der Waals surface area (Å²) in [5.74, 6) is -0.0557. The van der Waals surface area contributed by atoms with E-state index in [1.54, 1.807) is 12.0 Å². The number of para-hydroxylation sites is 1. The third-order valence-electron chi connectivity index (χ3n) is 6.45. The number of benzene rings is 1. The zero-order valence-electron chi connectivity index (χ0n) is 21.5. The summed E-state index contributed by atoms with van der Waals surface area (Å²) >= 11 is -0.299. The molecule has 2 heterocycles. The van der Waals surface area contributed by atoms with Gasteiger partial charge in [0.2, 0.25) is 0 Å². The number of ether oxygens (including phenoxy) is 2. The first-order chi connectivity index (χ1) is 16.7. The van der Waals surface area contributed by atoms with Crippen LogP contribution < -0.4 is 21.5 Å². The Balaban J connectivity index is 1.51. The van der Waals surface area contributed by atoms with Crippen molar-refractivity contribution in [3.63, 3.8) is 0 Å². The molecule has 0 bridgehead atoms. The van der Waals surface area contributed by atoms with E-state index in [0.29, 0.717) is 19.5 Å². The van der Waals surface area contributed by atoms with Gasteiger partial charge in [-0.25, -0.2) is 0 Å². The molecule has 2 atom stereocenters. The minimum atomic E-state index is -0.542. The van der Waals surface area contributed by atoms with Gasteiger partial charge in [-0.15, -0.1) is 0 Å². The maximum atomic E-state index is 13.8. The molecular formula is C26H38IN4O4-. The molecule has 1 aliphatic carbocycles. The van der Waals surface area contributed by atoms with Gasteiger partial charge in [0, 0.05) is 0 Å². The fourth-order valence-electron chi connectivity index (χ4n) is 4.63. The fraction of sp³-hybridized carbons (Fsp3) is 0.654. The molecule has 4 rings (SSSR count). The Morgan fingerprint density at radius 2 is 1.97 bits per heavy atom. The number of carbonyl (C=O) groups excluding carboxylic acids is 2. The van der Waals surface area contributed by atoms with Crippen LogP contribution in [0.3, 0.4) is 0 Å². The number of hydrogen-bond acceptors (Lipinski definition) is 5. The molecule has 0 N–H and O–H groups in total. The monoisotopic (exact) mass is 597 g/mol. The molecule has 2 aromatic rings. The van der Waals surface area contributed by atoms with Crippen LogP contribution in [-0.4, -0.2) is 72.7 Å². The standard InChI is InChI=1S/C26H38IN4O4/c1-18(23-21-9-6-7-10-22(21)31(28-23)27-14-8-16-34-5)30(20-11-12-20)24(32)19-13-15-29(17-19)25(33)35-26(2,3)4/h6-7,9-10,18-20H,8,11-17H2,1-5H3/q-1/t18-,19-/m1/s1. The van der Waals surface area contributed by atoms with E-state index in [-0.39, 0.29) is 51.5 Å². The zero-order chi connectivity index (χ0) is 25.2. The molecule has 194 valence electrons. The number of methoxy groups -OCH3 is 1. The third kappa shape index (κ3) is 6.28. The Kier molecular flexibility index (Phi) is 8.25. The molecule has 2 fully saturated rings. The molecule has 0 unspecified atom stereocenters. The molecule has 1 saturated carbocycles. The predicted octanol–water partition coefficient (Wildman–Crippen LogP) is 1.23. The number of fused-ring (bicyclic) bond motifs is 1. The van der Waals surface area contributed by atoms with E-state index in [2.05, 4.69) is 32.9 Å². The first-order valence-corrected chi connectivity index (χ1v) is 15.0. The molecule has 1 aromatic carbocycles. The average Bonchev–Trinajstić information content (AvgIpc) is 3.38. The molecule has 0 radical (unpaired) electrons. The normalized spacial score (nSPS) is 19.3. The van der Waals surface area contributed by atoms with Crippen LogP contribution in [0.25, 0.3) is 10.9 Å². The van der Waals surface area contributed by atoms with E-state index < -0.39 is 5.60 Å². The molecule has 1 aromatic heterocycles. The molecule has 1 aliphatic heterocycles. The number of aromatic nitrogens is 2. The predicted molar refractivity (Wildman–Crippen MR) is 131 cm³/mol. The van der Waals surface area contributed by atoms with Crippen molar-refractivity contribution >= 4 is 22.9 Å². The number of nitrogens with zero attached hydrogens (tertiary/aromatic N) is 4. The van der Waals surface area contributed by atoms with Crippen LogP contribution in [0.5, 0.6) is 0 Å². The summed E-state index contributed by atoms with van der Waals surface area (Å²) in [5.41, 5.74) is 1.59. The number of rotatable bonds is 9. The first kappa shape index (κ1) is 26.2. The average molecular weight is 598 g/mol. The topological polar surface area (TPSA) is 76.9 Å². The fourth-order valence-corrected chi connectivity index (χ4v) is 6.91. The Morgan fingerprint density at radius 3 is 2.66 bits per heavy atom. The van der Waals surface area contributed by atoms with Gasteiger partial charge in [0.05, 0.1) is 0 Å². The molecule has 8 nitrogen and oxygen atoms in total. The van der Waals surface area contributed by atoms with Gasteiger partial charge in [0.25, 0.3) is 0 Å². The number of carbonyl (C=O) groups is 2. The van der Waals surface area contributed by atoms with Crippen molar-refractivity contribution in [1.29, 1.82) is 0 Å². The van der Waals surface area contributed by atoms with Gasteiger partial charge in [0.1, 0.15) is 0 Å². The molecule has 1 saturated heterocycles. The quantitative estimate of drug-likeness (QED) is 0.247. The van der Waals surface area contributed by atoms with E-state index in [9.17, 15) is 9.59 Å². The molecule has 2 amide bonds. The van der Waals surface area contributed by atoms with E-state index in [4.69, 9.17) is 14.6 Å². The van der Waals surface area contributed by atoms with Crippen LogP contribution in [-0.2, 0) is 14.3 Å². The van der Waals surface area contributed by atoms with Crippen molar-refractivity contribution in [2.45, 2.75) is 71.1 Å². The van der Waals surface area contributed by atoms with Crippen molar-refractivity contribution in [3.8, 4) is 0 Å². The van der Waals surface area contributed by atoms with Gasteiger partial charge in [-0.05, 0) is 20.8 Å². The number of alkyl halides is 1. The second-order valence-corrected chi connectivity index (χ2v) is 13.2. The minimum absolute atomic E-state index is 0.111. The van der Waals surface area contributed by atoms with E-state index in [1.165, 1.54) is 0 Å². The van der Waals surface area contributed by atoms with Crippen molar-refractivity contribution in [1.82, 2.24) is 17.8 Å². The summed E-state index contributed by atoms with van der Waals surface area (Å²) in [6.07, 6.45) is 3.43. The van der Waals surface area contributed by atoms with Crippen LogP contribution in [0, 0.1) is 5.92 Å². The summed E-state index contributed by atoms with van der Waals surface area (Å²) in [6, 6.07) is 8.51. The zero-order valence-corrected chi connectivity index (χ0v) is 23.7. The Morgan fingerprint density at radius 1 is 1.23 bits per heavy atom. The molecule has 35 heavy (non-hydrogen) atoms. The van der Waals surface area contributed by atoms with Crippen molar-refractivity contribution < 1.29 is 40.5 Å². The van der Waals surface area contributed by atoms with Crippen molar-refractivity contribution in [3.05, 3.63) is 30.0 Å². The van der Waals surface area contributed by atoms with Gasteiger partial charge in [0.15, 0.2) is 0 Å². The molecule has 2 aliphatic rings. The summed E-state index contributed by atoms with van der Waals surface area (Å²) in [6.45, 7) is 9.45.